The van der Waals surface area contributed by atoms with Gasteiger partial charge in [-0.15, -0.1) is 0 Å². The third kappa shape index (κ3) is 4.20. The normalized spacial score (nSPS) is 17.6. The standard InChI is InChI=1S/C15H21ClN2O/c1-11-9-13(10-17-14(11)16)18-15(19)12-7-5-3-2-4-6-8-12/h9-10,12H,2-8H2,1H3,(H,18,19). The van der Waals surface area contributed by atoms with Crippen molar-refractivity contribution in [2.24, 2.45) is 5.92 Å². The van der Waals surface area contributed by atoms with Crippen LogP contribution in [-0.4, -0.2) is 10.9 Å². The summed E-state index contributed by atoms with van der Waals surface area (Å²) in [5, 5.41) is 3.46. The molecule has 0 spiro atoms. The van der Waals surface area contributed by atoms with Gasteiger partial charge < -0.3 is 5.32 Å². The molecule has 1 aromatic heterocycles. The van der Waals surface area contributed by atoms with Gasteiger partial charge in [0.05, 0.1) is 11.9 Å². The number of carbonyl (C=O) groups is 1. The van der Waals surface area contributed by atoms with Crippen LogP contribution >= 0.6 is 11.6 Å². The Morgan fingerprint density at radius 1 is 1.26 bits per heavy atom. The van der Waals surface area contributed by atoms with Gasteiger partial charge in [-0.1, -0.05) is 43.7 Å². The molecule has 19 heavy (non-hydrogen) atoms. The predicted octanol–water partition coefficient (Wildman–Crippen LogP) is 4.34. The smallest absolute Gasteiger partial charge is 0.227 e. The van der Waals surface area contributed by atoms with Crippen molar-refractivity contribution in [2.45, 2.75) is 51.9 Å². The van der Waals surface area contributed by atoms with Crippen LogP contribution in [0.25, 0.3) is 0 Å². The number of hydrogen-bond donors (Lipinski definition) is 1. The second kappa shape index (κ2) is 6.90. The number of halogens is 1. The van der Waals surface area contributed by atoms with Crippen LogP contribution in [0.5, 0.6) is 0 Å². The summed E-state index contributed by atoms with van der Waals surface area (Å²) in [4.78, 5) is 16.3. The van der Waals surface area contributed by atoms with Gasteiger partial charge >= 0.3 is 0 Å². The lowest BCUT2D eigenvalue weighted by atomic mass is 9.90. The maximum absolute atomic E-state index is 12.3. The quantitative estimate of drug-likeness (QED) is 0.819. The van der Waals surface area contributed by atoms with Gasteiger partial charge in [-0.3, -0.25) is 4.79 Å². The Balaban J connectivity index is 1.96. The highest BCUT2D eigenvalue weighted by Gasteiger charge is 2.19. The van der Waals surface area contributed by atoms with Crippen LogP contribution in [-0.2, 0) is 4.79 Å². The number of aryl methyl sites for hydroxylation is 1. The van der Waals surface area contributed by atoms with E-state index in [0.717, 1.165) is 36.9 Å². The van der Waals surface area contributed by atoms with Crippen molar-refractivity contribution >= 4 is 23.2 Å². The van der Waals surface area contributed by atoms with Crippen molar-refractivity contribution in [2.75, 3.05) is 5.32 Å². The summed E-state index contributed by atoms with van der Waals surface area (Å²) in [6, 6.07) is 1.87. The third-order valence-corrected chi connectivity index (χ3v) is 4.15. The Labute approximate surface area is 119 Å². The number of nitrogens with zero attached hydrogens (tertiary/aromatic N) is 1. The number of aromatic nitrogens is 1. The van der Waals surface area contributed by atoms with Crippen LogP contribution in [0.15, 0.2) is 12.3 Å². The molecular weight excluding hydrogens is 260 g/mol. The Kier molecular flexibility index (Phi) is 5.20. The number of nitrogens with one attached hydrogen (secondary N) is 1. The zero-order valence-corrected chi connectivity index (χ0v) is 12.2. The lowest BCUT2D eigenvalue weighted by molar-refractivity contribution is -0.120. The van der Waals surface area contributed by atoms with E-state index in [2.05, 4.69) is 10.3 Å². The summed E-state index contributed by atoms with van der Waals surface area (Å²) >= 11 is 5.88. The zero-order valence-electron chi connectivity index (χ0n) is 11.4. The fourth-order valence-corrected chi connectivity index (χ4v) is 2.69. The van der Waals surface area contributed by atoms with E-state index >= 15 is 0 Å². The third-order valence-electron chi connectivity index (χ3n) is 3.76. The van der Waals surface area contributed by atoms with Gasteiger partial charge in [0.2, 0.25) is 5.91 Å². The van der Waals surface area contributed by atoms with Gasteiger partial charge in [0, 0.05) is 5.92 Å². The van der Waals surface area contributed by atoms with E-state index in [9.17, 15) is 4.79 Å². The van der Waals surface area contributed by atoms with E-state index in [1.807, 2.05) is 13.0 Å². The fourth-order valence-electron chi connectivity index (χ4n) is 2.59. The average Bonchev–Trinajstić information content (AvgIpc) is 2.33. The Morgan fingerprint density at radius 3 is 2.53 bits per heavy atom. The molecule has 0 bridgehead atoms. The lowest BCUT2D eigenvalue weighted by Gasteiger charge is -2.19. The molecule has 0 unspecified atom stereocenters. The highest BCUT2D eigenvalue weighted by Crippen LogP contribution is 2.24. The topological polar surface area (TPSA) is 42.0 Å². The van der Waals surface area contributed by atoms with Crippen molar-refractivity contribution in [3.63, 3.8) is 0 Å². The number of anilines is 1. The summed E-state index contributed by atoms with van der Waals surface area (Å²) in [5.41, 5.74) is 1.63. The second-order valence-electron chi connectivity index (χ2n) is 5.36. The summed E-state index contributed by atoms with van der Waals surface area (Å²) in [5.74, 6) is 0.279. The Bertz CT molecular complexity index is 440. The van der Waals surface area contributed by atoms with Crippen LogP contribution in [0.4, 0.5) is 5.69 Å². The van der Waals surface area contributed by atoms with Crippen LogP contribution < -0.4 is 5.32 Å². The Morgan fingerprint density at radius 2 is 1.89 bits per heavy atom. The molecule has 1 N–H and O–H groups in total. The minimum atomic E-state index is 0.130. The van der Waals surface area contributed by atoms with E-state index in [-0.39, 0.29) is 11.8 Å². The largest absolute Gasteiger partial charge is 0.324 e. The van der Waals surface area contributed by atoms with Crippen molar-refractivity contribution < 1.29 is 4.79 Å². The predicted molar refractivity (Wildman–Crippen MR) is 78.4 cm³/mol. The fraction of sp³-hybridized carbons (Fsp3) is 0.600. The molecule has 1 amide bonds. The molecule has 0 atom stereocenters. The zero-order chi connectivity index (χ0) is 13.7. The van der Waals surface area contributed by atoms with Gasteiger partial charge in [-0.2, -0.15) is 0 Å². The van der Waals surface area contributed by atoms with E-state index in [1.165, 1.54) is 19.3 Å². The van der Waals surface area contributed by atoms with E-state index in [0.29, 0.717) is 5.15 Å². The maximum atomic E-state index is 12.3. The molecule has 2 rings (SSSR count). The van der Waals surface area contributed by atoms with Crippen LogP contribution in [0, 0.1) is 12.8 Å². The first kappa shape index (κ1) is 14.3. The molecule has 0 saturated heterocycles. The van der Waals surface area contributed by atoms with Gasteiger partial charge in [0.1, 0.15) is 5.15 Å². The highest BCUT2D eigenvalue weighted by molar-refractivity contribution is 6.30. The molecule has 0 radical (unpaired) electrons. The lowest BCUT2D eigenvalue weighted by Crippen LogP contribution is -2.23. The molecule has 1 aliphatic rings. The molecule has 3 nitrogen and oxygen atoms in total. The SMILES string of the molecule is Cc1cc(NC(=O)C2CCCCCCC2)cnc1Cl. The summed E-state index contributed by atoms with van der Waals surface area (Å²) in [6.45, 7) is 1.89. The summed E-state index contributed by atoms with van der Waals surface area (Å²) in [7, 11) is 0. The number of hydrogen-bond acceptors (Lipinski definition) is 2. The number of amides is 1. The molecule has 1 aromatic rings. The van der Waals surface area contributed by atoms with Crippen LogP contribution in [0.3, 0.4) is 0 Å². The molecule has 1 aliphatic carbocycles. The van der Waals surface area contributed by atoms with E-state index in [1.54, 1.807) is 6.20 Å². The molecule has 1 saturated carbocycles. The second-order valence-corrected chi connectivity index (χ2v) is 5.72. The van der Waals surface area contributed by atoms with E-state index < -0.39 is 0 Å². The molecule has 1 fully saturated rings. The molecular formula is C15H21ClN2O. The first-order chi connectivity index (χ1) is 9.16. The van der Waals surface area contributed by atoms with Gasteiger partial charge in [0.15, 0.2) is 0 Å². The van der Waals surface area contributed by atoms with Crippen molar-refractivity contribution in [1.29, 1.82) is 0 Å². The number of pyridine rings is 1. The van der Waals surface area contributed by atoms with Gasteiger partial charge in [-0.05, 0) is 31.4 Å². The Hall–Kier alpha value is -1.09. The van der Waals surface area contributed by atoms with Gasteiger partial charge in [-0.25, -0.2) is 4.98 Å². The molecule has 0 aromatic carbocycles. The number of rotatable bonds is 2. The van der Waals surface area contributed by atoms with Crippen molar-refractivity contribution in [3.8, 4) is 0 Å². The van der Waals surface area contributed by atoms with Gasteiger partial charge in [0.25, 0.3) is 0 Å². The van der Waals surface area contributed by atoms with Crippen molar-refractivity contribution in [3.05, 3.63) is 23.0 Å². The molecule has 0 aliphatic heterocycles. The maximum Gasteiger partial charge on any atom is 0.227 e. The number of carbonyl (C=O) groups excluding carboxylic acids is 1. The minimum Gasteiger partial charge on any atom is -0.324 e. The summed E-state index contributed by atoms with van der Waals surface area (Å²) < 4.78 is 0. The average molecular weight is 281 g/mol. The minimum absolute atomic E-state index is 0.130. The van der Waals surface area contributed by atoms with Crippen LogP contribution in [0.2, 0.25) is 5.15 Å². The highest BCUT2D eigenvalue weighted by atomic mass is 35.5. The first-order valence-corrected chi connectivity index (χ1v) is 7.47. The molecule has 104 valence electrons. The van der Waals surface area contributed by atoms with E-state index in [4.69, 9.17) is 11.6 Å². The van der Waals surface area contributed by atoms with Crippen LogP contribution in [0.1, 0.15) is 50.5 Å². The molecule has 4 heteroatoms. The summed E-state index contributed by atoms with van der Waals surface area (Å²) in [6.07, 6.45) is 9.78. The molecule has 1 heterocycles. The monoisotopic (exact) mass is 280 g/mol. The van der Waals surface area contributed by atoms with Crippen molar-refractivity contribution in [1.82, 2.24) is 4.98 Å². The first-order valence-electron chi connectivity index (χ1n) is 7.10.